The monoisotopic (exact) mass is 486 g/mol. The molecule has 0 spiro atoms. The van der Waals surface area contributed by atoms with Gasteiger partial charge in [0.05, 0.1) is 17.2 Å². The van der Waals surface area contributed by atoms with Crippen molar-refractivity contribution in [2.75, 3.05) is 19.0 Å². The summed E-state index contributed by atoms with van der Waals surface area (Å²) < 4.78 is 86.5. The topological polar surface area (TPSA) is 86.2 Å². The number of hydrogen-bond donors (Lipinski definition) is 3. The van der Waals surface area contributed by atoms with Crippen LogP contribution in [0.1, 0.15) is 29.0 Å². The molecule has 0 aliphatic carbocycles. The van der Waals surface area contributed by atoms with Crippen LogP contribution in [0.4, 0.5) is 36.8 Å². The van der Waals surface area contributed by atoms with Gasteiger partial charge in [0.2, 0.25) is 0 Å². The number of nitriles is 1. The summed E-state index contributed by atoms with van der Waals surface area (Å²) in [5.74, 6) is -0.949. The minimum Gasteiger partial charge on any atom is -0.492 e. The van der Waals surface area contributed by atoms with E-state index in [0.29, 0.717) is 17.5 Å². The summed E-state index contributed by atoms with van der Waals surface area (Å²) in [6.45, 7) is -0.159. The molecule has 1 saturated heterocycles. The van der Waals surface area contributed by atoms with Crippen LogP contribution in [0.5, 0.6) is 5.75 Å². The lowest BCUT2D eigenvalue weighted by Gasteiger charge is -2.23. The van der Waals surface area contributed by atoms with Gasteiger partial charge < -0.3 is 15.4 Å². The van der Waals surface area contributed by atoms with Gasteiger partial charge in [0.15, 0.2) is 0 Å². The van der Waals surface area contributed by atoms with Crippen LogP contribution in [-0.2, 0) is 6.18 Å². The smallest absolute Gasteiger partial charge is 0.417 e. The number of alkyl halides is 6. The molecule has 3 atom stereocenters. The zero-order valence-electron chi connectivity index (χ0n) is 17.7. The van der Waals surface area contributed by atoms with Crippen LogP contribution in [0.25, 0.3) is 0 Å². The van der Waals surface area contributed by atoms with Crippen molar-refractivity contribution in [2.45, 2.75) is 36.8 Å². The van der Waals surface area contributed by atoms with E-state index in [2.05, 4.69) is 16.0 Å². The highest BCUT2D eigenvalue weighted by molar-refractivity contribution is 5.88. The van der Waals surface area contributed by atoms with E-state index in [4.69, 9.17) is 10.00 Å². The van der Waals surface area contributed by atoms with Crippen LogP contribution in [0, 0.1) is 11.3 Å². The maximum Gasteiger partial charge on any atom is 0.417 e. The molecule has 182 valence electrons. The first kappa shape index (κ1) is 25.2. The first-order valence-corrected chi connectivity index (χ1v) is 10.1. The minimum absolute atomic E-state index is 0.121. The molecule has 0 bridgehead atoms. The molecule has 1 aliphatic rings. The highest BCUT2D eigenvalue weighted by atomic mass is 19.4. The standard InChI is InChI=1S/C22H20F6N4O2/c1-30-20(33)32-14-4-6-16(7-5-14)34-11-15-9-17(19(31-15)22(26,27)28)12-2-3-13(10-29)18(8-12)21(23,24)25/h2-8,15,17,19,31H,9,11H2,1H3,(H2,30,32,33)/t15-,17?,19+/m0/s1. The predicted molar refractivity (Wildman–Crippen MR) is 110 cm³/mol. The van der Waals surface area contributed by atoms with Crippen LogP contribution in [-0.4, -0.2) is 37.9 Å². The van der Waals surface area contributed by atoms with Gasteiger partial charge in [0, 0.05) is 24.7 Å². The maximum absolute atomic E-state index is 13.7. The number of nitrogens with one attached hydrogen (secondary N) is 3. The number of hydrogen-bond acceptors (Lipinski definition) is 4. The number of anilines is 1. The van der Waals surface area contributed by atoms with Gasteiger partial charge in [-0.05, 0) is 48.4 Å². The summed E-state index contributed by atoms with van der Waals surface area (Å²) in [6, 6.07) is 6.90. The fraction of sp³-hybridized carbons (Fsp3) is 0.364. The minimum atomic E-state index is -4.87. The Kier molecular flexibility index (Phi) is 7.26. The van der Waals surface area contributed by atoms with Crippen molar-refractivity contribution < 1.29 is 35.9 Å². The van der Waals surface area contributed by atoms with E-state index in [1.807, 2.05) is 0 Å². The predicted octanol–water partition coefficient (Wildman–Crippen LogP) is 4.78. The van der Waals surface area contributed by atoms with Crippen LogP contribution in [0.3, 0.4) is 0 Å². The van der Waals surface area contributed by atoms with Crippen LogP contribution in [0.2, 0.25) is 0 Å². The molecular formula is C22H20F6N4O2. The number of amides is 2. The van der Waals surface area contributed by atoms with Crippen LogP contribution in [0.15, 0.2) is 42.5 Å². The first-order chi connectivity index (χ1) is 15.9. The summed E-state index contributed by atoms with van der Waals surface area (Å²) in [7, 11) is 1.45. The molecule has 1 aliphatic heterocycles. The van der Waals surface area contributed by atoms with Gasteiger partial charge in [0.1, 0.15) is 18.4 Å². The quantitative estimate of drug-likeness (QED) is 0.531. The number of ether oxygens (including phenoxy) is 1. The van der Waals surface area contributed by atoms with Gasteiger partial charge in [-0.3, -0.25) is 5.32 Å². The fourth-order valence-corrected chi connectivity index (χ4v) is 3.80. The summed E-state index contributed by atoms with van der Waals surface area (Å²) in [5, 5.41) is 16.3. The number of halogens is 6. The van der Waals surface area contributed by atoms with Gasteiger partial charge in [-0.25, -0.2) is 4.79 Å². The molecule has 34 heavy (non-hydrogen) atoms. The third kappa shape index (κ3) is 5.91. The number of rotatable bonds is 5. The van der Waals surface area contributed by atoms with E-state index >= 15 is 0 Å². The van der Waals surface area contributed by atoms with Gasteiger partial charge >= 0.3 is 18.4 Å². The second kappa shape index (κ2) is 9.80. The maximum atomic E-state index is 13.7. The second-order valence-corrected chi connectivity index (χ2v) is 7.68. The zero-order chi connectivity index (χ0) is 25.1. The molecule has 2 aromatic rings. The van der Waals surface area contributed by atoms with Crippen molar-refractivity contribution in [3.8, 4) is 11.8 Å². The number of nitrogens with zero attached hydrogens (tertiary/aromatic N) is 1. The summed E-state index contributed by atoms with van der Waals surface area (Å²) in [6.07, 6.45) is -9.70. The Hall–Kier alpha value is -3.46. The van der Waals surface area contributed by atoms with E-state index in [1.54, 1.807) is 12.1 Å². The van der Waals surface area contributed by atoms with E-state index in [-0.39, 0.29) is 18.6 Å². The van der Waals surface area contributed by atoms with Crippen molar-refractivity contribution in [2.24, 2.45) is 0 Å². The summed E-state index contributed by atoms with van der Waals surface area (Å²) >= 11 is 0. The molecule has 0 radical (unpaired) electrons. The Morgan fingerprint density at radius 1 is 1.15 bits per heavy atom. The molecule has 1 heterocycles. The molecule has 12 heteroatoms. The molecule has 0 aromatic heterocycles. The Labute approximate surface area is 190 Å². The SMILES string of the molecule is CNC(=O)Nc1ccc(OC[C@@H]2CC(c3ccc(C#N)c(C(F)(F)F)c3)[C@H](C(F)(F)F)N2)cc1. The molecule has 1 unspecified atom stereocenters. The molecule has 1 fully saturated rings. The number of urea groups is 1. The zero-order valence-corrected chi connectivity index (χ0v) is 17.7. The number of carbonyl (C=O) groups is 1. The van der Waals surface area contributed by atoms with Crippen LogP contribution >= 0.6 is 0 Å². The van der Waals surface area contributed by atoms with Gasteiger partial charge in [-0.15, -0.1) is 0 Å². The average molecular weight is 486 g/mol. The molecule has 0 saturated carbocycles. The van der Waals surface area contributed by atoms with Crippen LogP contribution < -0.4 is 20.7 Å². The highest BCUT2D eigenvalue weighted by Crippen LogP contribution is 2.42. The Bertz CT molecular complexity index is 1060. The van der Waals surface area contributed by atoms with Gasteiger partial charge in [-0.1, -0.05) is 6.07 Å². The lowest BCUT2D eigenvalue weighted by molar-refractivity contribution is -0.156. The van der Waals surface area contributed by atoms with E-state index in [0.717, 1.165) is 12.1 Å². The Morgan fingerprint density at radius 2 is 1.82 bits per heavy atom. The van der Waals surface area contributed by atoms with Crippen molar-refractivity contribution in [3.05, 3.63) is 59.2 Å². The second-order valence-electron chi connectivity index (χ2n) is 7.68. The average Bonchev–Trinajstić information content (AvgIpc) is 3.22. The number of benzene rings is 2. The molecule has 6 nitrogen and oxygen atoms in total. The first-order valence-electron chi connectivity index (χ1n) is 10.1. The Balaban J connectivity index is 1.75. The summed E-state index contributed by atoms with van der Waals surface area (Å²) in [4.78, 5) is 11.3. The van der Waals surface area contributed by atoms with E-state index in [9.17, 15) is 31.1 Å². The van der Waals surface area contributed by atoms with E-state index < -0.39 is 47.5 Å². The third-order valence-corrected chi connectivity index (χ3v) is 5.40. The van der Waals surface area contributed by atoms with Gasteiger partial charge in [0.25, 0.3) is 0 Å². The lowest BCUT2D eigenvalue weighted by Crippen LogP contribution is -2.44. The van der Waals surface area contributed by atoms with Crippen molar-refractivity contribution in [3.63, 3.8) is 0 Å². The van der Waals surface area contributed by atoms with Crippen molar-refractivity contribution >= 4 is 11.7 Å². The lowest BCUT2D eigenvalue weighted by atomic mass is 9.88. The normalized spacial score (nSPS) is 20.5. The molecule has 2 aromatic carbocycles. The third-order valence-electron chi connectivity index (χ3n) is 5.40. The largest absolute Gasteiger partial charge is 0.492 e. The number of carbonyl (C=O) groups excluding carboxylic acids is 1. The van der Waals surface area contributed by atoms with Crippen molar-refractivity contribution in [1.82, 2.24) is 10.6 Å². The molecule has 3 rings (SSSR count). The molecule has 3 N–H and O–H groups in total. The molecular weight excluding hydrogens is 466 g/mol. The van der Waals surface area contributed by atoms with E-state index in [1.165, 1.54) is 25.2 Å². The van der Waals surface area contributed by atoms with Gasteiger partial charge in [-0.2, -0.15) is 31.6 Å². The Morgan fingerprint density at radius 3 is 2.38 bits per heavy atom. The summed E-state index contributed by atoms with van der Waals surface area (Å²) in [5.41, 5.74) is -1.60. The highest BCUT2D eigenvalue weighted by Gasteiger charge is 2.51. The molecule has 2 amide bonds. The fourth-order valence-electron chi connectivity index (χ4n) is 3.80. The van der Waals surface area contributed by atoms with Crippen molar-refractivity contribution in [1.29, 1.82) is 5.26 Å².